The summed E-state index contributed by atoms with van der Waals surface area (Å²) in [7, 11) is 0. The average molecular weight is 280 g/mol. The van der Waals surface area contributed by atoms with Gasteiger partial charge in [0.05, 0.1) is 11.3 Å². The zero-order valence-electron chi connectivity index (χ0n) is 10.1. The number of nitrogens with zero attached hydrogens (tertiary/aromatic N) is 1. The van der Waals surface area contributed by atoms with Crippen molar-refractivity contribution in [2.24, 2.45) is 0 Å². The predicted molar refractivity (Wildman–Crippen MR) is 64.8 cm³/mol. The van der Waals surface area contributed by atoms with Gasteiger partial charge in [-0.1, -0.05) is 6.07 Å². The molecule has 0 radical (unpaired) electrons. The number of hydrogen-bond acceptors (Lipinski definition) is 2. The highest BCUT2D eigenvalue weighted by molar-refractivity contribution is 5.50. The van der Waals surface area contributed by atoms with E-state index in [4.69, 9.17) is 5.26 Å². The van der Waals surface area contributed by atoms with Gasteiger partial charge in [0, 0.05) is 6.54 Å². The van der Waals surface area contributed by atoms with E-state index in [9.17, 15) is 17.6 Å². The molecule has 0 amide bonds. The Labute approximate surface area is 112 Å². The van der Waals surface area contributed by atoms with Crippen molar-refractivity contribution in [3.8, 4) is 6.07 Å². The normalized spacial score (nSPS) is 10.2. The molecule has 2 aromatic carbocycles. The molecular formula is C14H8F4N2. The van der Waals surface area contributed by atoms with Gasteiger partial charge in [0.2, 0.25) is 0 Å². The van der Waals surface area contributed by atoms with Crippen LogP contribution >= 0.6 is 0 Å². The van der Waals surface area contributed by atoms with Gasteiger partial charge in [-0.2, -0.15) is 5.26 Å². The Morgan fingerprint density at radius 1 is 0.950 bits per heavy atom. The minimum Gasteiger partial charge on any atom is -0.379 e. The van der Waals surface area contributed by atoms with E-state index >= 15 is 0 Å². The second-order valence-electron chi connectivity index (χ2n) is 4.00. The van der Waals surface area contributed by atoms with Crippen molar-refractivity contribution < 1.29 is 17.6 Å². The van der Waals surface area contributed by atoms with Crippen molar-refractivity contribution >= 4 is 5.69 Å². The fourth-order valence-electron chi connectivity index (χ4n) is 1.62. The van der Waals surface area contributed by atoms with E-state index in [2.05, 4.69) is 5.32 Å². The van der Waals surface area contributed by atoms with Crippen LogP contribution in [0.5, 0.6) is 0 Å². The molecule has 0 saturated heterocycles. The largest absolute Gasteiger partial charge is 0.379 e. The van der Waals surface area contributed by atoms with Crippen LogP contribution in [0.1, 0.15) is 11.1 Å². The van der Waals surface area contributed by atoms with Gasteiger partial charge in [-0.25, -0.2) is 17.6 Å². The highest BCUT2D eigenvalue weighted by Gasteiger charge is 2.13. The Balaban J connectivity index is 2.17. The van der Waals surface area contributed by atoms with Gasteiger partial charge in [0.25, 0.3) is 0 Å². The first kappa shape index (κ1) is 13.9. The maximum absolute atomic E-state index is 13.6. The summed E-state index contributed by atoms with van der Waals surface area (Å²) in [4.78, 5) is 0. The molecule has 1 N–H and O–H groups in total. The number of nitriles is 1. The molecule has 102 valence electrons. The number of anilines is 1. The van der Waals surface area contributed by atoms with Crippen molar-refractivity contribution in [2.75, 3.05) is 5.32 Å². The Morgan fingerprint density at radius 2 is 1.70 bits per heavy atom. The molecule has 0 atom stereocenters. The quantitative estimate of drug-likeness (QED) is 0.870. The van der Waals surface area contributed by atoms with Gasteiger partial charge in [-0.15, -0.1) is 0 Å². The van der Waals surface area contributed by atoms with E-state index in [0.29, 0.717) is 5.56 Å². The van der Waals surface area contributed by atoms with Crippen LogP contribution in [-0.4, -0.2) is 0 Å². The lowest BCUT2D eigenvalue weighted by Crippen LogP contribution is -2.04. The van der Waals surface area contributed by atoms with Crippen LogP contribution in [0.15, 0.2) is 30.3 Å². The van der Waals surface area contributed by atoms with Crippen LogP contribution in [0.2, 0.25) is 0 Å². The third kappa shape index (κ3) is 2.72. The zero-order chi connectivity index (χ0) is 14.7. The number of nitrogens with one attached hydrogen (secondary N) is 1. The fourth-order valence-corrected chi connectivity index (χ4v) is 1.62. The summed E-state index contributed by atoms with van der Waals surface area (Å²) in [5.74, 6) is -4.44. The number of rotatable bonds is 3. The van der Waals surface area contributed by atoms with Gasteiger partial charge in [0.1, 0.15) is 6.07 Å². The van der Waals surface area contributed by atoms with Crippen molar-refractivity contribution in [3.63, 3.8) is 0 Å². The molecule has 0 fully saturated rings. The SMILES string of the molecule is N#Cc1ccc(NCc2ccc(F)c(F)c2)c(F)c1F. The summed E-state index contributed by atoms with van der Waals surface area (Å²) in [5.41, 5.74) is -0.194. The molecule has 2 rings (SSSR count). The first-order valence-corrected chi connectivity index (χ1v) is 5.59. The Hall–Kier alpha value is -2.55. The summed E-state index contributed by atoms with van der Waals surface area (Å²) in [6, 6.07) is 7.08. The fraction of sp³-hybridized carbons (Fsp3) is 0.0714. The first-order chi connectivity index (χ1) is 9.52. The first-order valence-electron chi connectivity index (χ1n) is 5.59. The molecule has 0 spiro atoms. The van der Waals surface area contributed by atoms with Crippen molar-refractivity contribution in [2.45, 2.75) is 6.54 Å². The Kier molecular flexibility index (Phi) is 3.89. The lowest BCUT2D eigenvalue weighted by molar-refractivity contribution is 0.506. The molecule has 6 heteroatoms. The van der Waals surface area contributed by atoms with Crippen LogP contribution in [0, 0.1) is 34.6 Å². The van der Waals surface area contributed by atoms with Crippen molar-refractivity contribution in [1.82, 2.24) is 0 Å². The summed E-state index contributed by atoms with van der Waals surface area (Å²) >= 11 is 0. The van der Waals surface area contributed by atoms with Crippen LogP contribution < -0.4 is 5.32 Å². The Bertz CT molecular complexity index is 692. The maximum Gasteiger partial charge on any atom is 0.183 e. The van der Waals surface area contributed by atoms with Crippen molar-refractivity contribution in [1.29, 1.82) is 5.26 Å². The van der Waals surface area contributed by atoms with E-state index in [0.717, 1.165) is 18.2 Å². The van der Waals surface area contributed by atoms with Gasteiger partial charge in [-0.05, 0) is 29.8 Å². The molecule has 0 aliphatic carbocycles. The van der Waals surface area contributed by atoms with Crippen LogP contribution in [-0.2, 0) is 6.54 Å². The minimum atomic E-state index is -1.25. The monoisotopic (exact) mass is 280 g/mol. The van der Waals surface area contributed by atoms with Gasteiger partial charge < -0.3 is 5.32 Å². The second kappa shape index (κ2) is 5.61. The van der Waals surface area contributed by atoms with Crippen LogP contribution in [0.3, 0.4) is 0 Å². The van der Waals surface area contributed by atoms with Gasteiger partial charge in [-0.3, -0.25) is 0 Å². The number of benzene rings is 2. The van der Waals surface area contributed by atoms with E-state index in [1.165, 1.54) is 18.2 Å². The topological polar surface area (TPSA) is 35.8 Å². The van der Waals surface area contributed by atoms with Crippen LogP contribution in [0.25, 0.3) is 0 Å². The molecule has 0 unspecified atom stereocenters. The molecule has 0 bridgehead atoms. The second-order valence-corrected chi connectivity index (χ2v) is 4.00. The highest BCUT2D eigenvalue weighted by Crippen LogP contribution is 2.21. The standard InChI is InChI=1S/C14H8F4N2/c15-10-3-1-8(5-11(10)16)7-20-12-4-2-9(6-19)13(17)14(12)18/h1-5,20H,7H2. The van der Waals surface area contributed by atoms with Crippen LogP contribution in [0.4, 0.5) is 23.2 Å². The molecule has 2 aromatic rings. The van der Waals surface area contributed by atoms with E-state index in [1.54, 1.807) is 0 Å². The number of halogens is 4. The van der Waals surface area contributed by atoms with E-state index in [-0.39, 0.29) is 12.2 Å². The molecule has 2 nitrogen and oxygen atoms in total. The molecule has 0 aromatic heterocycles. The third-order valence-electron chi connectivity index (χ3n) is 2.67. The summed E-state index contributed by atoms with van der Waals surface area (Å²) in [5, 5.41) is 11.1. The lowest BCUT2D eigenvalue weighted by Gasteiger charge is -2.09. The molecular weight excluding hydrogens is 272 g/mol. The van der Waals surface area contributed by atoms with Gasteiger partial charge >= 0.3 is 0 Å². The van der Waals surface area contributed by atoms with Crippen molar-refractivity contribution in [3.05, 3.63) is 64.7 Å². The summed E-state index contributed by atoms with van der Waals surface area (Å²) in [6.45, 7) is -0.0144. The Morgan fingerprint density at radius 3 is 2.35 bits per heavy atom. The number of hydrogen-bond donors (Lipinski definition) is 1. The molecule has 0 saturated carbocycles. The lowest BCUT2D eigenvalue weighted by atomic mass is 10.1. The summed E-state index contributed by atoms with van der Waals surface area (Å²) in [6.07, 6.45) is 0. The highest BCUT2D eigenvalue weighted by atomic mass is 19.2. The third-order valence-corrected chi connectivity index (χ3v) is 2.67. The molecule has 0 heterocycles. The maximum atomic E-state index is 13.6. The van der Waals surface area contributed by atoms with E-state index in [1.807, 2.05) is 0 Å². The summed E-state index contributed by atoms with van der Waals surface area (Å²) < 4.78 is 52.6. The average Bonchev–Trinajstić information content (AvgIpc) is 2.44. The minimum absolute atomic E-state index is 0.0144. The molecule has 20 heavy (non-hydrogen) atoms. The molecule has 0 aliphatic rings. The predicted octanol–water partition coefficient (Wildman–Crippen LogP) is 3.73. The molecule has 0 aliphatic heterocycles. The zero-order valence-corrected chi connectivity index (χ0v) is 10.1. The van der Waals surface area contributed by atoms with Gasteiger partial charge in [0.15, 0.2) is 23.3 Å². The van der Waals surface area contributed by atoms with E-state index < -0.39 is 28.8 Å². The smallest absolute Gasteiger partial charge is 0.183 e.